The number of benzene rings is 2. The Labute approximate surface area is 160 Å². The fraction of sp³-hybridized carbons (Fsp3) is 0.318. The van der Waals surface area contributed by atoms with Gasteiger partial charge in [-0.15, -0.1) is 0 Å². The number of fused-ring (bicyclic) bond motifs is 1. The van der Waals surface area contributed by atoms with Gasteiger partial charge in [0, 0.05) is 30.2 Å². The number of H-pyrrole nitrogens is 1. The number of guanidine groups is 1. The summed E-state index contributed by atoms with van der Waals surface area (Å²) in [4.78, 5) is 8.01. The van der Waals surface area contributed by atoms with E-state index in [2.05, 4.69) is 58.9 Å². The van der Waals surface area contributed by atoms with Crippen molar-refractivity contribution in [2.45, 2.75) is 33.4 Å². The lowest BCUT2D eigenvalue weighted by molar-refractivity contribution is 0.280. The Morgan fingerprint density at radius 2 is 1.89 bits per heavy atom. The highest BCUT2D eigenvalue weighted by molar-refractivity contribution is 5.84. The third-order valence-corrected chi connectivity index (χ3v) is 4.65. The molecule has 142 valence electrons. The summed E-state index contributed by atoms with van der Waals surface area (Å²) in [5, 5.41) is 17.4. The molecule has 0 unspecified atom stereocenters. The fourth-order valence-electron chi connectivity index (χ4n) is 3.19. The first-order valence-corrected chi connectivity index (χ1v) is 9.47. The van der Waals surface area contributed by atoms with E-state index < -0.39 is 0 Å². The number of nitrogens with one attached hydrogen (secondary N) is 3. The molecule has 0 amide bonds. The lowest BCUT2D eigenvalue weighted by atomic mass is 10.1. The van der Waals surface area contributed by atoms with E-state index in [1.54, 1.807) is 0 Å². The van der Waals surface area contributed by atoms with Crippen LogP contribution in [0.4, 0.5) is 0 Å². The average molecular weight is 364 g/mol. The molecule has 0 saturated carbocycles. The number of rotatable bonds is 7. The van der Waals surface area contributed by atoms with Gasteiger partial charge in [0.15, 0.2) is 5.96 Å². The monoisotopic (exact) mass is 364 g/mol. The number of hydrogen-bond acceptors (Lipinski definition) is 2. The number of aliphatic hydroxyl groups excluding tert-OH is 1. The highest BCUT2D eigenvalue weighted by Gasteiger charge is 2.05. The summed E-state index contributed by atoms with van der Waals surface area (Å²) >= 11 is 0. The molecule has 3 aromatic rings. The lowest BCUT2D eigenvalue weighted by Gasteiger charge is -2.12. The molecule has 0 aliphatic rings. The minimum Gasteiger partial charge on any atom is -0.392 e. The summed E-state index contributed by atoms with van der Waals surface area (Å²) in [6.07, 6.45) is 3.01. The van der Waals surface area contributed by atoms with Gasteiger partial charge in [-0.3, -0.25) is 0 Å². The minimum atomic E-state index is 0.0374. The van der Waals surface area contributed by atoms with E-state index in [1.807, 2.05) is 24.3 Å². The van der Waals surface area contributed by atoms with E-state index in [-0.39, 0.29) is 6.61 Å². The van der Waals surface area contributed by atoms with E-state index >= 15 is 0 Å². The van der Waals surface area contributed by atoms with Crippen molar-refractivity contribution in [3.8, 4) is 0 Å². The topological polar surface area (TPSA) is 72.4 Å². The van der Waals surface area contributed by atoms with Crippen molar-refractivity contribution in [2.75, 3.05) is 13.1 Å². The zero-order valence-electron chi connectivity index (χ0n) is 16.0. The predicted molar refractivity (Wildman–Crippen MR) is 112 cm³/mol. The second-order valence-electron chi connectivity index (χ2n) is 6.66. The van der Waals surface area contributed by atoms with Crippen LogP contribution in [0.2, 0.25) is 0 Å². The van der Waals surface area contributed by atoms with E-state index in [0.717, 1.165) is 36.6 Å². The first kappa shape index (κ1) is 19.0. The van der Waals surface area contributed by atoms with Gasteiger partial charge in [-0.1, -0.05) is 36.4 Å². The van der Waals surface area contributed by atoms with Gasteiger partial charge in [0.05, 0.1) is 13.2 Å². The van der Waals surface area contributed by atoms with Gasteiger partial charge in [-0.2, -0.15) is 0 Å². The first-order chi connectivity index (χ1) is 13.2. The molecule has 0 fully saturated rings. The third kappa shape index (κ3) is 4.89. The van der Waals surface area contributed by atoms with Crippen molar-refractivity contribution in [3.63, 3.8) is 0 Å². The molecule has 1 heterocycles. The van der Waals surface area contributed by atoms with Crippen LogP contribution in [0.1, 0.15) is 29.2 Å². The molecule has 0 spiro atoms. The van der Waals surface area contributed by atoms with Crippen LogP contribution in [0.5, 0.6) is 0 Å². The highest BCUT2D eigenvalue weighted by atomic mass is 16.3. The molecule has 27 heavy (non-hydrogen) atoms. The molecule has 0 radical (unpaired) electrons. The fourth-order valence-corrected chi connectivity index (χ4v) is 3.19. The molecule has 4 N–H and O–H groups in total. The van der Waals surface area contributed by atoms with Crippen LogP contribution in [0, 0.1) is 6.92 Å². The van der Waals surface area contributed by atoms with Gasteiger partial charge in [-0.25, -0.2) is 4.99 Å². The number of hydrogen-bond donors (Lipinski definition) is 4. The van der Waals surface area contributed by atoms with Gasteiger partial charge >= 0.3 is 0 Å². The Bertz CT molecular complexity index is 914. The summed E-state index contributed by atoms with van der Waals surface area (Å²) in [7, 11) is 0. The van der Waals surface area contributed by atoms with Gasteiger partial charge in [0.25, 0.3) is 0 Å². The van der Waals surface area contributed by atoms with Crippen molar-refractivity contribution in [1.29, 1.82) is 0 Å². The quantitative estimate of drug-likeness (QED) is 0.384. The second-order valence-corrected chi connectivity index (χ2v) is 6.66. The van der Waals surface area contributed by atoms with Crippen molar-refractivity contribution >= 4 is 16.9 Å². The van der Waals surface area contributed by atoms with Crippen LogP contribution >= 0.6 is 0 Å². The van der Waals surface area contributed by atoms with Crippen LogP contribution < -0.4 is 10.6 Å². The summed E-state index contributed by atoms with van der Waals surface area (Å²) < 4.78 is 0. The summed E-state index contributed by atoms with van der Waals surface area (Å²) in [6.45, 7) is 6.35. The summed E-state index contributed by atoms with van der Waals surface area (Å²) in [5.41, 5.74) is 5.72. The van der Waals surface area contributed by atoms with Crippen LogP contribution in [-0.4, -0.2) is 29.1 Å². The number of aromatic nitrogens is 1. The maximum Gasteiger partial charge on any atom is 0.191 e. The number of aliphatic imine (C=N–C) groups is 1. The Hall–Kier alpha value is -2.79. The molecular formula is C22H28N4O. The smallest absolute Gasteiger partial charge is 0.191 e. The van der Waals surface area contributed by atoms with Crippen LogP contribution in [0.15, 0.2) is 53.7 Å². The molecule has 0 aliphatic heterocycles. The Kier molecular flexibility index (Phi) is 6.49. The Morgan fingerprint density at radius 3 is 2.67 bits per heavy atom. The average Bonchev–Trinajstić information content (AvgIpc) is 3.08. The molecule has 3 rings (SSSR count). The molecule has 0 atom stereocenters. The van der Waals surface area contributed by atoms with Crippen molar-refractivity contribution < 1.29 is 5.11 Å². The molecule has 0 aliphatic carbocycles. The molecule has 5 heteroatoms. The van der Waals surface area contributed by atoms with Crippen molar-refractivity contribution in [2.24, 2.45) is 4.99 Å². The largest absolute Gasteiger partial charge is 0.392 e. The zero-order valence-corrected chi connectivity index (χ0v) is 16.0. The maximum absolute atomic E-state index is 9.46. The lowest BCUT2D eigenvalue weighted by Crippen LogP contribution is -2.38. The highest BCUT2D eigenvalue weighted by Crippen LogP contribution is 2.19. The Balaban J connectivity index is 1.62. The minimum absolute atomic E-state index is 0.0374. The van der Waals surface area contributed by atoms with Crippen molar-refractivity contribution in [1.82, 2.24) is 15.6 Å². The summed E-state index contributed by atoms with van der Waals surface area (Å²) in [6, 6.07) is 14.4. The Morgan fingerprint density at radius 1 is 1.07 bits per heavy atom. The number of nitrogens with zero attached hydrogens (tertiary/aromatic N) is 1. The number of aryl methyl sites for hydroxylation is 1. The van der Waals surface area contributed by atoms with Crippen LogP contribution in [-0.2, 0) is 19.6 Å². The second kappa shape index (κ2) is 9.24. The van der Waals surface area contributed by atoms with Crippen molar-refractivity contribution in [3.05, 3.63) is 70.9 Å². The standard InChI is InChI=1S/C22H28N4O/c1-3-23-22(26-13-17-6-4-5-7-19(17)15-27)24-11-10-18-14-25-21-12-16(2)8-9-20(18)21/h4-9,12,14,25,27H,3,10-11,13,15H2,1-2H3,(H2,23,24,26). The molecule has 0 saturated heterocycles. The first-order valence-electron chi connectivity index (χ1n) is 9.47. The van der Waals surface area contributed by atoms with Gasteiger partial charge in [0.1, 0.15) is 0 Å². The summed E-state index contributed by atoms with van der Waals surface area (Å²) in [5.74, 6) is 0.793. The maximum atomic E-state index is 9.46. The van der Waals surface area contributed by atoms with Crippen LogP contribution in [0.3, 0.4) is 0 Å². The zero-order chi connectivity index (χ0) is 19.1. The molecule has 2 aromatic carbocycles. The van der Waals surface area contributed by atoms with Gasteiger partial charge in [-0.05, 0) is 48.6 Å². The van der Waals surface area contributed by atoms with Gasteiger partial charge < -0.3 is 20.7 Å². The van der Waals surface area contributed by atoms with E-state index in [9.17, 15) is 5.11 Å². The molecule has 0 bridgehead atoms. The number of aromatic amines is 1. The normalized spacial score (nSPS) is 11.7. The van der Waals surface area contributed by atoms with Crippen LogP contribution in [0.25, 0.3) is 10.9 Å². The molecule has 1 aromatic heterocycles. The van der Waals surface area contributed by atoms with E-state index in [0.29, 0.717) is 6.54 Å². The SMILES string of the molecule is CCNC(=NCc1ccccc1CO)NCCc1c[nH]c2cc(C)ccc12. The predicted octanol–water partition coefficient (Wildman–Crippen LogP) is 3.27. The molecular weight excluding hydrogens is 336 g/mol. The van der Waals surface area contributed by atoms with E-state index in [1.165, 1.54) is 22.0 Å². The molecule has 5 nitrogen and oxygen atoms in total. The number of aliphatic hydroxyl groups is 1. The van der Waals surface area contributed by atoms with E-state index in [4.69, 9.17) is 0 Å². The van der Waals surface area contributed by atoms with Gasteiger partial charge in [0.2, 0.25) is 0 Å². The third-order valence-electron chi connectivity index (χ3n) is 4.65.